The Hall–Kier alpha value is -1.58. The number of H-pyrrole nitrogens is 1. The van der Waals surface area contributed by atoms with Crippen molar-refractivity contribution in [2.24, 2.45) is 10.9 Å². The molecule has 1 heterocycles. The first-order valence-corrected chi connectivity index (χ1v) is 5.62. The average Bonchev–Trinajstić information content (AvgIpc) is 2.22. The van der Waals surface area contributed by atoms with Gasteiger partial charge < -0.3 is 10.7 Å². The molecule has 1 aromatic rings. The molecule has 0 radical (unpaired) electrons. The molecule has 4 nitrogen and oxygen atoms in total. The Bertz CT molecular complexity index is 430. The van der Waals surface area contributed by atoms with Crippen LogP contribution in [-0.2, 0) is 0 Å². The topological polar surface area (TPSA) is 71.2 Å². The molecule has 0 bridgehead atoms. The molecule has 1 rings (SSSR count). The summed E-state index contributed by atoms with van der Waals surface area (Å²) >= 11 is 0. The molecule has 0 aliphatic heterocycles. The molecule has 0 aromatic carbocycles. The van der Waals surface area contributed by atoms with Crippen molar-refractivity contribution >= 4 is 17.7 Å². The third-order valence-corrected chi connectivity index (χ3v) is 2.68. The van der Waals surface area contributed by atoms with E-state index >= 15 is 0 Å². The van der Waals surface area contributed by atoms with Gasteiger partial charge in [0.2, 0.25) is 0 Å². The van der Waals surface area contributed by atoms with Crippen LogP contribution in [0.3, 0.4) is 0 Å². The first-order chi connectivity index (χ1) is 7.58. The molecule has 88 valence electrons. The fraction of sp³-hybridized carbons (Fsp3) is 0.500. The molecule has 4 heteroatoms. The molecule has 0 aliphatic rings. The van der Waals surface area contributed by atoms with E-state index < -0.39 is 0 Å². The van der Waals surface area contributed by atoms with Gasteiger partial charge in [0.15, 0.2) is 0 Å². The number of nitrogens with zero attached hydrogens (tertiary/aromatic N) is 1. The second-order valence-corrected chi connectivity index (χ2v) is 3.94. The van der Waals surface area contributed by atoms with Crippen LogP contribution in [0.25, 0.3) is 0 Å². The Balaban J connectivity index is 3.02. The van der Waals surface area contributed by atoms with Crippen LogP contribution in [0.5, 0.6) is 0 Å². The number of nitrogens with one attached hydrogen (secondary N) is 1. The number of anilines is 1. The molecule has 1 aromatic heterocycles. The minimum Gasteiger partial charge on any atom is -0.385 e. The number of aliphatic imine (C=N–C) groups is 1. The molecular weight excluding hydrogens is 202 g/mol. The summed E-state index contributed by atoms with van der Waals surface area (Å²) in [6.45, 7) is 6.06. The summed E-state index contributed by atoms with van der Waals surface area (Å²) in [5.41, 5.74) is 6.57. The van der Waals surface area contributed by atoms with Gasteiger partial charge in [-0.1, -0.05) is 13.8 Å². The highest BCUT2D eigenvalue weighted by Crippen LogP contribution is 2.14. The van der Waals surface area contributed by atoms with Crippen LogP contribution in [-0.4, -0.2) is 11.2 Å². The van der Waals surface area contributed by atoms with Crippen LogP contribution >= 0.6 is 0 Å². The predicted molar refractivity (Wildman–Crippen MR) is 68.4 cm³/mol. The molecule has 0 atom stereocenters. The minimum absolute atomic E-state index is 0.222. The fourth-order valence-corrected chi connectivity index (χ4v) is 1.55. The number of nitrogen functional groups attached to an aromatic ring is 1. The van der Waals surface area contributed by atoms with Gasteiger partial charge >= 0.3 is 0 Å². The van der Waals surface area contributed by atoms with Gasteiger partial charge in [0, 0.05) is 6.21 Å². The number of aromatic amines is 1. The number of rotatable bonds is 4. The number of pyridine rings is 1. The molecule has 0 spiro atoms. The van der Waals surface area contributed by atoms with Crippen LogP contribution in [0.2, 0.25) is 0 Å². The fourth-order valence-electron chi connectivity index (χ4n) is 1.55. The molecular formula is C12H19N3O. The lowest BCUT2D eigenvalue weighted by molar-refractivity contribution is 0.655. The Morgan fingerprint density at radius 2 is 2.12 bits per heavy atom. The Morgan fingerprint density at radius 3 is 2.62 bits per heavy atom. The van der Waals surface area contributed by atoms with Crippen molar-refractivity contribution in [3.05, 3.63) is 22.0 Å². The number of hydrogen-bond donors (Lipinski definition) is 2. The number of hydrogen-bond acceptors (Lipinski definition) is 3. The molecule has 16 heavy (non-hydrogen) atoms. The molecule has 0 saturated carbocycles. The highest BCUT2D eigenvalue weighted by atomic mass is 16.1. The zero-order chi connectivity index (χ0) is 12.1. The van der Waals surface area contributed by atoms with E-state index in [1.165, 1.54) is 0 Å². The minimum atomic E-state index is -0.222. The lowest BCUT2D eigenvalue weighted by Crippen LogP contribution is -2.10. The number of aryl methyl sites for hydroxylation is 1. The molecule has 0 amide bonds. The van der Waals surface area contributed by atoms with Gasteiger partial charge in [-0.05, 0) is 37.3 Å². The van der Waals surface area contributed by atoms with Gasteiger partial charge in [-0.25, -0.2) is 0 Å². The van der Waals surface area contributed by atoms with Crippen LogP contribution in [0.4, 0.5) is 11.5 Å². The first-order valence-electron chi connectivity index (χ1n) is 5.62. The largest absolute Gasteiger partial charge is 0.385 e. The molecule has 0 unspecified atom stereocenters. The van der Waals surface area contributed by atoms with Crippen molar-refractivity contribution in [1.82, 2.24) is 4.98 Å². The highest BCUT2D eigenvalue weighted by molar-refractivity contribution is 5.67. The maximum Gasteiger partial charge on any atom is 0.275 e. The quantitative estimate of drug-likeness (QED) is 0.766. The first kappa shape index (κ1) is 12.5. The van der Waals surface area contributed by atoms with Crippen LogP contribution in [0.15, 0.2) is 15.9 Å². The summed E-state index contributed by atoms with van der Waals surface area (Å²) in [6.07, 6.45) is 3.92. The van der Waals surface area contributed by atoms with E-state index in [9.17, 15) is 4.79 Å². The summed E-state index contributed by atoms with van der Waals surface area (Å²) in [5, 5.41) is 0. The van der Waals surface area contributed by atoms with Crippen LogP contribution < -0.4 is 11.3 Å². The van der Waals surface area contributed by atoms with E-state index in [2.05, 4.69) is 23.8 Å². The molecule has 0 fully saturated rings. The van der Waals surface area contributed by atoms with Gasteiger partial charge in [0.25, 0.3) is 5.56 Å². The second-order valence-electron chi connectivity index (χ2n) is 3.94. The summed E-state index contributed by atoms with van der Waals surface area (Å²) in [6, 6.07) is 1.72. The van der Waals surface area contributed by atoms with Crippen molar-refractivity contribution in [3.63, 3.8) is 0 Å². The Labute approximate surface area is 95.6 Å². The average molecular weight is 221 g/mol. The molecule has 3 N–H and O–H groups in total. The Kier molecular flexibility index (Phi) is 4.28. The standard InChI is InChI=1S/C12H19N3O/c1-4-9(5-2)7-14-11-8(3)6-10(13)15-12(11)16/h6-7,9H,4-5H2,1-3H3,(H3,13,15,16). The monoisotopic (exact) mass is 221 g/mol. The number of nitrogens with two attached hydrogens (primary N) is 1. The van der Waals surface area contributed by atoms with Crippen molar-refractivity contribution in [1.29, 1.82) is 0 Å². The summed E-state index contributed by atoms with van der Waals surface area (Å²) in [5.74, 6) is 0.806. The van der Waals surface area contributed by atoms with Crippen molar-refractivity contribution < 1.29 is 0 Å². The van der Waals surface area contributed by atoms with Crippen molar-refractivity contribution in [2.45, 2.75) is 33.6 Å². The summed E-state index contributed by atoms with van der Waals surface area (Å²) in [7, 11) is 0. The van der Waals surface area contributed by atoms with E-state index in [0.29, 0.717) is 17.4 Å². The lowest BCUT2D eigenvalue weighted by Gasteiger charge is -2.05. The zero-order valence-electron chi connectivity index (χ0n) is 10.1. The van der Waals surface area contributed by atoms with Crippen LogP contribution in [0.1, 0.15) is 32.3 Å². The maximum atomic E-state index is 11.6. The maximum absolute atomic E-state index is 11.6. The van der Waals surface area contributed by atoms with E-state index in [0.717, 1.165) is 18.4 Å². The van der Waals surface area contributed by atoms with Crippen LogP contribution in [0, 0.1) is 12.8 Å². The smallest absolute Gasteiger partial charge is 0.275 e. The Morgan fingerprint density at radius 1 is 1.50 bits per heavy atom. The van der Waals surface area contributed by atoms with E-state index in [1.807, 2.05) is 13.1 Å². The molecule has 0 saturated heterocycles. The third kappa shape index (κ3) is 2.95. The van der Waals surface area contributed by atoms with Gasteiger partial charge in [-0.3, -0.25) is 9.79 Å². The van der Waals surface area contributed by atoms with Crippen molar-refractivity contribution in [3.8, 4) is 0 Å². The van der Waals surface area contributed by atoms with Gasteiger partial charge in [0.05, 0.1) is 0 Å². The van der Waals surface area contributed by atoms with E-state index in [4.69, 9.17) is 5.73 Å². The third-order valence-electron chi connectivity index (χ3n) is 2.68. The summed E-state index contributed by atoms with van der Waals surface area (Å²) < 4.78 is 0. The van der Waals surface area contributed by atoms with Gasteiger partial charge in [0.1, 0.15) is 11.5 Å². The van der Waals surface area contributed by atoms with Crippen molar-refractivity contribution in [2.75, 3.05) is 5.73 Å². The van der Waals surface area contributed by atoms with Gasteiger partial charge in [-0.2, -0.15) is 0 Å². The zero-order valence-corrected chi connectivity index (χ0v) is 10.1. The predicted octanol–water partition coefficient (Wildman–Crippen LogP) is 2.40. The van der Waals surface area contributed by atoms with Gasteiger partial charge in [-0.15, -0.1) is 0 Å². The SMILES string of the molecule is CCC(C=Nc1c(C)cc(N)[nH]c1=O)CC. The van der Waals surface area contributed by atoms with E-state index in [-0.39, 0.29) is 5.56 Å². The normalized spacial score (nSPS) is 11.5. The number of aromatic nitrogens is 1. The molecule has 0 aliphatic carbocycles. The van der Waals surface area contributed by atoms with E-state index in [1.54, 1.807) is 6.07 Å². The highest BCUT2D eigenvalue weighted by Gasteiger charge is 2.04. The second kappa shape index (κ2) is 5.49. The lowest BCUT2D eigenvalue weighted by atomic mass is 10.1. The summed E-state index contributed by atoms with van der Waals surface area (Å²) in [4.78, 5) is 18.4.